The SMILES string of the molecule is C=CCOC(C)C(=O)OCc1cccc([N+](=O)[O-])c1. The zero-order valence-electron chi connectivity index (χ0n) is 10.6. The number of esters is 1. The number of carbonyl (C=O) groups is 1. The lowest BCUT2D eigenvalue weighted by Crippen LogP contribution is -2.23. The first-order valence-corrected chi connectivity index (χ1v) is 5.67. The van der Waals surface area contributed by atoms with Gasteiger partial charge in [-0.3, -0.25) is 10.1 Å². The van der Waals surface area contributed by atoms with E-state index < -0.39 is 17.0 Å². The maximum absolute atomic E-state index is 11.5. The number of hydrogen-bond acceptors (Lipinski definition) is 5. The Morgan fingerprint density at radius 3 is 2.95 bits per heavy atom. The number of ether oxygens (including phenoxy) is 2. The minimum absolute atomic E-state index is 0.0255. The Labute approximate surface area is 110 Å². The number of rotatable bonds is 7. The van der Waals surface area contributed by atoms with Gasteiger partial charge in [0.15, 0.2) is 6.10 Å². The quantitative estimate of drug-likeness (QED) is 0.327. The first kappa shape index (κ1) is 14.8. The number of nitro benzene ring substituents is 1. The van der Waals surface area contributed by atoms with E-state index in [1.54, 1.807) is 19.1 Å². The van der Waals surface area contributed by atoms with Crippen molar-refractivity contribution < 1.29 is 19.2 Å². The molecule has 1 aromatic carbocycles. The Morgan fingerprint density at radius 1 is 1.58 bits per heavy atom. The van der Waals surface area contributed by atoms with E-state index in [-0.39, 0.29) is 18.9 Å². The van der Waals surface area contributed by atoms with E-state index in [2.05, 4.69) is 6.58 Å². The smallest absolute Gasteiger partial charge is 0.335 e. The van der Waals surface area contributed by atoms with Gasteiger partial charge in [0.2, 0.25) is 0 Å². The highest BCUT2D eigenvalue weighted by Crippen LogP contribution is 2.14. The minimum atomic E-state index is -0.698. The third kappa shape index (κ3) is 4.89. The van der Waals surface area contributed by atoms with E-state index in [1.807, 2.05) is 0 Å². The average molecular weight is 265 g/mol. The number of carbonyl (C=O) groups excluding carboxylic acids is 1. The normalized spacial score (nSPS) is 11.6. The Hall–Kier alpha value is -2.21. The summed E-state index contributed by atoms with van der Waals surface area (Å²) in [6.45, 7) is 5.27. The van der Waals surface area contributed by atoms with Crippen LogP contribution in [0.1, 0.15) is 12.5 Å². The predicted molar refractivity (Wildman–Crippen MR) is 68.5 cm³/mol. The molecule has 0 aromatic heterocycles. The van der Waals surface area contributed by atoms with E-state index in [4.69, 9.17) is 9.47 Å². The van der Waals surface area contributed by atoms with Gasteiger partial charge in [0, 0.05) is 12.1 Å². The molecule has 0 aliphatic rings. The topological polar surface area (TPSA) is 78.7 Å². The van der Waals surface area contributed by atoms with Crippen molar-refractivity contribution in [3.8, 4) is 0 Å². The largest absolute Gasteiger partial charge is 0.459 e. The van der Waals surface area contributed by atoms with Crippen LogP contribution >= 0.6 is 0 Å². The van der Waals surface area contributed by atoms with Gasteiger partial charge in [-0.05, 0) is 12.5 Å². The van der Waals surface area contributed by atoms with E-state index in [0.29, 0.717) is 5.56 Å². The molecule has 0 saturated carbocycles. The molecule has 0 fully saturated rings. The molecule has 0 bridgehead atoms. The molecule has 0 heterocycles. The summed E-state index contributed by atoms with van der Waals surface area (Å²) in [6, 6.07) is 5.93. The highest BCUT2D eigenvalue weighted by molar-refractivity contribution is 5.74. The molecule has 1 aromatic rings. The lowest BCUT2D eigenvalue weighted by Gasteiger charge is -2.11. The summed E-state index contributed by atoms with van der Waals surface area (Å²) in [5.74, 6) is -0.520. The molecule has 0 N–H and O–H groups in total. The molecule has 0 radical (unpaired) electrons. The van der Waals surface area contributed by atoms with Crippen molar-refractivity contribution in [2.75, 3.05) is 6.61 Å². The molecule has 1 unspecified atom stereocenters. The Bertz CT molecular complexity index is 472. The molecule has 0 saturated heterocycles. The van der Waals surface area contributed by atoms with Crippen molar-refractivity contribution in [1.82, 2.24) is 0 Å². The van der Waals surface area contributed by atoms with E-state index in [1.165, 1.54) is 18.2 Å². The van der Waals surface area contributed by atoms with Gasteiger partial charge in [0.1, 0.15) is 6.61 Å². The number of benzene rings is 1. The third-order valence-corrected chi connectivity index (χ3v) is 2.30. The maximum atomic E-state index is 11.5. The van der Waals surface area contributed by atoms with Crippen molar-refractivity contribution in [2.45, 2.75) is 19.6 Å². The van der Waals surface area contributed by atoms with Gasteiger partial charge in [0.25, 0.3) is 5.69 Å². The lowest BCUT2D eigenvalue weighted by atomic mass is 10.2. The molecular formula is C13H15NO5. The predicted octanol–water partition coefficient (Wildman–Crippen LogP) is 2.23. The van der Waals surface area contributed by atoms with Crippen LogP contribution in [0.25, 0.3) is 0 Å². The fourth-order valence-electron chi connectivity index (χ4n) is 1.31. The number of non-ortho nitro benzene ring substituents is 1. The monoisotopic (exact) mass is 265 g/mol. The van der Waals surface area contributed by atoms with Gasteiger partial charge in [-0.15, -0.1) is 6.58 Å². The Balaban J connectivity index is 2.52. The molecule has 0 aliphatic carbocycles. The third-order valence-electron chi connectivity index (χ3n) is 2.30. The summed E-state index contributed by atoms with van der Waals surface area (Å²) >= 11 is 0. The first-order chi connectivity index (χ1) is 9.04. The van der Waals surface area contributed by atoms with Gasteiger partial charge >= 0.3 is 5.97 Å². The molecule has 0 aliphatic heterocycles. The van der Waals surface area contributed by atoms with Crippen LogP contribution in [0.15, 0.2) is 36.9 Å². The second-order valence-electron chi connectivity index (χ2n) is 3.80. The van der Waals surface area contributed by atoms with Crippen LogP contribution in [0, 0.1) is 10.1 Å². The Morgan fingerprint density at radius 2 is 2.32 bits per heavy atom. The summed E-state index contributed by atoms with van der Waals surface area (Å²) in [6.07, 6.45) is 0.835. The van der Waals surface area contributed by atoms with Crippen molar-refractivity contribution in [2.24, 2.45) is 0 Å². The summed E-state index contributed by atoms with van der Waals surface area (Å²) in [5.41, 5.74) is 0.517. The summed E-state index contributed by atoms with van der Waals surface area (Å²) < 4.78 is 10.1. The standard InChI is InChI=1S/C13H15NO5/c1-3-7-18-10(2)13(15)19-9-11-5-4-6-12(8-11)14(16)17/h3-6,8,10H,1,7,9H2,2H3. The molecular weight excluding hydrogens is 250 g/mol. The zero-order valence-corrected chi connectivity index (χ0v) is 10.6. The van der Waals surface area contributed by atoms with Crippen LogP contribution < -0.4 is 0 Å². The molecule has 1 rings (SSSR count). The van der Waals surface area contributed by atoms with Crippen molar-refractivity contribution in [1.29, 1.82) is 0 Å². The molecule has 102 valence electrons. The summed E-state index contributed by atoms with van der Waals surface area (Å²) in [7, 11) is 0. The average Bonchev–Trinajstić information content (AvgIpc) is 2.42. The molecule has 0 spiro atoms. The second kappa shape index (κ2) is 7.27. The highest BCUT2D eigenvalue weighted by atomic mass is 16.6. The van der Waals surface area contributed by atoms with Gasteiger partial charge in [-0.2, -0.15) is 0 Å². The second-order valence-corrected chi connectivity index (χ2v) is 3.80. The fourth-order valence-corrected chi connectivity index (χ4v) is 1.31. The van der Waals surface area contributed by atoms with Crippen LogP contribution in [0.3, 0.4) is 0 Å². The van der Waals surface area contributed by atoms with E-state index in [0.717, 1.165) is 0 Å². The zero-order chi connectivity index (χ0) is 14.3. The van der Waals surface area contributed by atoms with Gasteiger partial charge in [-0.25, -0.2) is 4.79 Å². The lowest BCUT2D eigenvalue weighted by molar-refractivity contribution is -0.384. The van der Waals surface area contributed by atoms with Crippen LogP contribution in [0.5, 0.6) is 0 Å². The summed E-state index contributed by atoms with van der Waals surface area (Å²) in [4.78, 5) is 21.6. The highest BCUT2D eigenvalue weighted by Gasteiger charge is 2.15. The molecule has 6 nitrogen and oxygen atoms in total. The fraction of sp³-hybridized carbons (Fsp3) is 0.308. The van der Waals surface area contributed by atoms with Gasteiger partial charge < -0.3 is 9.47 Å². The summed E-state index contributed by atoms with van der Waals surface area (Å²) in [5, 5.41) is 10.6. The number of hydrogen-bond donors (Lipinski definition) is 0. The Kier molecular flexibility index (Phi) is 5.69. The minimum Gasteiger partial charge on any atom is -0.459 e. The molecule has 6 heteroatoms. The molecule has 19 heavy (non-hydrogen) atoms. The van der Waals surface area contributed by atoms with Gasteiger partial charge in [0.05, 0.1) is 11.5 Å². The molecule has 0 amide bonds. The van der Waals surface area contributed by atoms with Crippen molar-refractivity contribution >= 4 is 11.7 Å². The van der Waals surface area contributed by atoms with Crippen LogP contribution in [-0.2, 0) is 20.9 Å². The van der Waals surface area contributed by atoms with Crippen LogP contribution in [0.4, 0.5) is 5.69 Å². The van der Waals surface area contributed by atoms with Crippen molar-refractivity contribution in [3.05, 3.63) is 52.6 Å². The first-order valence-electron chi connectivity index (χ1n) is 5.67. The van der Waals surface area contributed by atoms with Gasteiger partial charge in [-0.1, -0.05) is 18.2 Å². The molecule has 1 atom stereocenters. The number of nitrogens with zero attached hydrogens (tertiary/aromatic N) is 1. The van der Waals surface area contributed by atoms with Crippen LogP contribution in [0.2, 0.25) is 0 Å². The van der Waals surface area contributed by atoms with E-state index >= 15 is 0 Å². The van der Waals surface area contributed by atoms with Crippen molar-refractivity contribution in [3.63, 3.8) is 0 Å². The maximum Gasteiger partial charge on any atom is 0.335 e. The van der Waals surface area contributed by atoms with Crippen LogP contribution in [-0.4, -0.2) is 23.6 Å². The number of nitro groups is 1. The van der Waals surface area contributed by atoms with E-state index in [9.17, 15) is 14.9 Å².